The molecular formula is C8H15NS. The van der Waals surface area contributed by atoms with E-state index in [1.165, 1.54) is 43.7 Å². The molecule has 2 aliphatic heterocycles. The average molecular weight is 157 g/mol. The van der Waals surface area contributed by atoms with Crippen LogP contribution in [0, 0.1) is 0 Å². The number of rotatable bonds is 0. The van der Waals surface area contributed by atoms with Crippen LogP contribution in [0.3, 0.4) is 0 Å². The van der Waals surface area contributed by atoms with Gasteiger partial charge in [-0.05, 0) is 31.6 Å². The number of nitrogens with one attached hydrogen (secondary N) is 1. The number of hydrogen-bond donors (Lipinski definition) is 1. The van der Waals surface area contributed by atoms with E-state index in [-0.39, 0.29) is 0 Å². The van der Waals surface area contributed by atoms with Crippen molar-refractivity contribution in [1.82, 2.24) is 5.32 Å². The Morgan fingerprint density at radius 3 is 2.80 bits per heavy atom. The highest BCUT2D eigenvalue weighted by atomic mass is 32.2. The first-order valence-corrected chi connectivity index (χ1v) is 5.40. The maximum atomic E-state index is 3.67. The minimum absolute atomic E-state index is 0.586. The molecule has 1 N–H and O–H groups in total. The minimum atomic E-state index is 0.586. The standard InChI is InChI=1S/C8H15NS/c1-2-5-9-8(3-1)4-6-10-7-8/h9H,1-7H2. The Balaban J connectivity index is 1.98. The van der Waals surface area contributed by atoms with E-state index >= 15 is 0 Å². The molecule has 2 saturated heterocycles. The van der Waals surface area contributed by atoms with Crippen LogP contribution >= 0.6 is 11.8 Å². The van der Waals surface area contributed by atoms with Crippen LogP contribution in [0.4, 0.5) is 0 Å². The summed E-state index contributed by atoms with van der Waals surface area (Å²) in [5.41, 5.74) is 0.586. The first-order chi connectivity index (χ1) is 4.91. The van der Waals surface area contributed by atoms with Crippen LogP contribution in [0.15, 0.2) is 0 Å². The Labute approximate surface area is 67.0 Å². The molecule has 0 saturated carbocycles. The summed E-state index contributed by atoms with van der Waals surface area (Å²) < 4.78 is 0. The van der Waals surface area contributed by atoms with Gasteiger partial charge in [0.15, 0.2) is 0 Å². The highest BCUT2D eigenvalue weighted by Gasteiger charge is 2.34. The van der Waals surface area contributed by atoms with Crippen molar-refractivity contribution in [2.24, 2.45) is 0 Å². The largest absolute Gasteiger partial charge is 0.310 e. The van der Waals surface area contributed by atoms with E-state index < -0.39 is 0 Å². The van der Waals surface area contributed by atoms with Gasteiger partial charge in [-0.1, -0.05) is 6.42 Å². The van der Waals surface area contributed by atoms with Crippen molar-refractivity contribution >= 4 is 11.8 Å². The second-order valence-corrected chi connectivity index (χ2v) is 4.57. The van der Waals surface area contributed by atoms with E-state index in [0.717, 1.165) is 0 Å². The fraction of sp³-hybridized carbons (Fsp3) is 1.00. The van der Waals surface area contributed by atoms with Crippen LogP contribution in [-0.2, 0) is 0 Å². The molecule has 10 heavy (non-hydrogen) atoms. The topological polar surface area (TPSA) is 12.0 Å². The third-order valence-electron chi connectivity index (χ3n) is 2.69. The Morgan fingerprint density at radius 1 is 1.20 bits per heavy atom. The summed E-state index contributed by atoms with van der Waals surface area (Å²) in [5.74, 6) is 2.75. The molecule has 0 radical (unpaired) electrons. The first kappa shape index (κ1) is 6.99. The van der Waals surface area contributed by atoms with Gasteiger partial charge in [0, 0.05) is 11.3 Å². The Morgan fingerprint density at radius 2 is 2.20 bits per heavy atom. The molecule has 2 aliphatic rings. The summed E-state index contributed by atoms with van der Waals surface area (Å²) in [6, 6.07) is 0. The summed E-state index contributed by atoms with van der Waals surface area (Å²) in [6.07, 6.45) is 5.69. The third kappa shape index (κ3) is 1.19. The van der Waals surface area contributed by atoms with E-state index in [9.17, 15) is 0 Å². The van der Waals surface area contributed by atoms with Crippen molar-refractivity contribution in [1.29, 1.82) is 0 Å². The van der Waals surface area contributed by atoms with E-state index in [4.69, 9.17) is 0 Å². The number of hydrogen-bond acceptors (Lipinski definition) is 2. The Kier molecular flexibility index (Phi) is 1.92. The molecule has 0 amide bonds. The lowest BCUT2D eigenvalue weighted by Gasteiger charge is -2.33. The van der Waals surface area contributed by atoms with Crippen LogP contribution in [0.2, 0.25) is 0 Å². The summed E-state index contributed by atoms with van der Waals surface area (Å²) in [5, 5.41) is 3.67. The monoisotopic (exact) mass is 157 g/mol. The van der Waals surface area contributed by atoms with Gasteiger partial charge in [-0.25, -0.2) is 0 Å². The smallest absolute Gasteiger partial charge is 0.0279 e. The molecule has 0 aromatic carbocycles. The van der Waals surface area contributed by atoms with E-state index in [0.29, 0.717) is 5.54 Å². The maximum Gasteiger partial charge on any atom is 0.0279 e. The zero-order valence-electron chi connectivity index (χ0n) is 6.36. The van der Waals surface area contributed by atoms with Crippen molar-refractivity contribution in [2.75, 3.05) is 18.1 Å². The molecule has 2 rings (SSSR count). The zero-order valence-corrected chi connectivity index (χ0v) is 7.17. The SMILES string of the molecule is C1CCC2(CCSC2)NC1. The van der Waals surface area contributed by atoms with Gasteiger partial charge in [-0.2, -0.15) is 11.8 Å². The van der Waals surface area contributed by atoms with Crippen LogP contribution in [0.5, 0.6) is 0 Å². The maximum absolute atomic E-state index is 3.67. The van der Waals surface area contributed by atoms with Crippen LogP contribution in [-0.4, -0.2) is 23.6 Å². The van der Waals surface area contributed by atoms with Crippen molar-refractivity contribution in [3.05, 3.63) is 0 Å². The van der Waals surface area contributed by atoms with E-state index in [1.807, 2.05) is 0 Å². The molecule has 0 bridgehead atoms. The molecular weight excluding hydrogens is 142 g/mol. The van der Waals surface area contributed by atoms with Gasteiger partial charge >= 0.3 is 0 Å². The highest BCUT2D eigenvalue weighted by Crippen LogP contribution is 2.33. The average Bonchev–Trinajstić information content (AvgIpc) is 2.39. The van der Waals surface area contributed by atoms with Crippen LogP contribution in [0.25, 0.3) is 0 Å². The second-order valence-electron chi connectivity index (χ2n) is 3.47. The van der Waals surface area contributed by atoms with Crippen molar-refractivity contribution in [3.8, 4) is 0 Å². The van der Waals surface area contributed by atoms with Gasteiger partial charge in [0.05, 0.1) is 0 Å². The summed E-state index contributed by atoms with van der Waals surface area (Å²) in [4.78, 5) is 0. The van der Waals surface area contributed by atoms with Gasteiger partial charge in [0.25, 0.3) is 0 Å². The van der Waals surface area contributed by atoms with Gasteiger partial charge in [0.1, 0.15) is 0 Å². The van der Waals surface area contributed by atoms with Gasteiger partial charge < -0.3 is 5.32 Å². The Bertz CT molecular complexity index is 110. The van der Waals surface area contributed by atoms with Gasteiger partial charge in [-0.3, -0.25) is 0 Å². The second kappa shape index (κ2) is 2.74. The quantitative estimate of drug-likeness (QED) is 0.573. The normalized spacial score (nSPS) is 40.8. The third-order valence-corrected chi connectivity index (χ3v) is 3.93. The highest BCUT2D eigenvalue weighted by molar-refractivity contribution is 7.99. The molecule has 1 nitrogen and oxygen atoms in total. The fourth-order valence-electron chi connectivity index (χ4n) is 1.97. The Hall–Kier alpha value is 0.310. The van der Waals surface area contributed by atoms with E-state index in [1.54, 1.807) is 0 Å². The van der Waals surface area contributed by atoms with Crippen molar-refractivity contribution in [3.63, 3.8) is 0 Å². The molecule has 1 spiro atoms. The minimum Gasteiger partial charge on any atom is -0.310 e. The predicted molar refractivity (Wildman–Crippen MR) is 46.5 cm³/mol. The molecule has 58 valence electrons. The molecule has 0 aromatic rings. The molecule has 2 heterocycles. The lowest BCUT2D eigenvalue weighted by molar-refractivity contribution is 0.286. The summed E-state index contributed by atoms with van der Waals surface area (Å²) in [7, 11) is 0. The molecule has 2 fully saturated rings. The lowest BCUT2D eigenvalue weighted by atomic mass is 9.89. The zero-order chi connectivity index (χ0) is 6.86. The fourth-order valence-corrected chi connectivity index (χ4v) is 3.44. The van der Waals surface area contributed by atoms with Crippen LogP contribution in [0.1, 0.15) is 25.7 Å². The first-order valence-electron chi connectivity index (χ1n) is 4.24. The molecule has 1 atom stereocenters. The summed E-state index contributed by atoms with van der Waals surface area (Å²) >= 11 is 2.12. The molecule has 0 aliphatic carbocycles. The number of thioether (sulfide) groups is 1. The van der Waals surface area contributed by atoms with Gasteiger partial charge in [-0.15, -0.1) is 0 Å². The number of piperidine rings is 1. The molecule has 0 aromatic heterocycles. The predicted octanol–water partition coefficient (Wildman–Crippen LogP) is 1.64. The summed E-state index contributed by atoms with van der Waals surface area (Å²) in [6.45, 7) is 1.26. The van der Waals surface area contributed by atoms with E-state index in [2.05, 4.69) is 17.1 Å². The van der Waals surface area contributed by atoms with Gasteiger partial charge in [0.2, 0.25) is 0 Å². The molecule has 2 heteroatoms. The lowest BCUT2D eigenvalue weighted by Crippen LogP contribution is -2.48. The van der Waals surface area contributed by atoms with Crippen molar-refractivity contribution < 1.29 is 0 Å². The molecule has 1 unspecified atom stereocenters. The van der Waals surface area contributed by atoms with Crippen molar-refractivity contribution in [2.45, 2.75) is 31.2 Å². The van der Waals surface area contributed by atoms with Crippen LogP contribution < -0.4 is 5.32 Å².